The molecule has 2 aromatic carbocycles. The Kier molecular flexibility index (Phi) is 4.76. The van der Waals surface area contributed by atoms with Crippen molar-refractivity contribution in [3.8, 4) is 5.75 Å². The molecular weight excluding hydrogens is 326 g/mol. The molecule has 1 nitrogen and oxygen atoms in total. The van der Waals surface area contributed by atoms with E-state index in [1.165, 1.54) is 12.1 Å². The fourth-order valence-electron chi connectivity index (χ4n) is 1.93. The van der Waals surface area contributed by atoms with Crippen LogP contribution < -0.4 is 4.74 Å². The highest BCUT2D eigenvalue weighted by molar-refractivity contribution is 9.08. The number of hydrogen-bond acceptors (Lipinski definition) is 1. The summed E-state index contributed by atoms with van der Waals surface area (Å²) in [5.41, 5.74) is 3.59. The summed E-state index contributed by atoms with van der Waals surface area (Å²) < 4.78 is 32.9. The molecule has 0 N–H and O–H groups in total. The van der Waals surface area contributed by atoms with Crippen LogP contribution in [0.15, 0.2) is 30.3 Å². The largest absolute Gasteiger partial charge is 0.483 e. The second-order valence-corrected chi connectivity index (χ2v) is 5.30. The van der Waals surface area contributed by atoms with Gasteiger partial charge in [0.2, 0.25) is 0 Å². The van der Waals surface area contributed by atoms with Gasteiger partial charge in [0, 0.05) is 5.33 Å². The molecule has 0 aliphatic heterocycles. The summed E-state index contributed by atoms with van der Waals surface area (Å²) in [7, 11) is 0. The van der Waals surface area contributed by atoms with Gasteiger partial charge in [-0.25, -0.2) is 8.78 Å². The van der Waals surface area contributed by atoms with Crippen molar-refractivity contribution < 1.29 is 13.5 Å². The van der Waals surface area contributed by atoms with Crippen LogP contribution in [-0.4, -0.2) is 0 Å². The standard InChI is InChI=1S/C16H15BrF2O/c1-10-3-4-11(2)13(5-10)9-20-16-14(18)6-12(8-17)7-15(16)19/h3-7H,8-9H2,1-2H3. The topological polar surface area (TPSA) is 9.23 Å². The fraction of sp³-hybridized carbons (Fsp3) is 0.250. The maximum absolute atomic E-state index is 13.8. The average Bonchev–Trinajstić information content (AvgIpc) is 2.41. The van der Waals surface area contributed by atoms with E-state index in [2.05, 4.69) is 15.9 Å². The van der Waals surface area contributed by atoms with Crippen LogP contribution in [-0.2, 0) is 11.9 Å². The summed E-state index contributed by atoms with van der Waals surface area (Å²) >= 11 is 3.17. The Labute approximate surface area is 125 Å². The predicted molar refractivity (Wildman–Crippen MR) is 79.2 cm³/mol. The lowest BCUT2D eigenvalue weighted by Crippen LogP contribution is -2.02. The summed E-state index contributed by atoms with van der Waals surface area (Å²) in [6.07, 6.45) is 0. The Bertz CT molecular complexity index is 603. The maximum Gasteiger partial charge on any atom is 0.191 e. The molecule has 0 unspecified atom stereocenters. The molecule has 0 spiro atoms. The zero-order valence-corrected chi connectivity index (χ0v) is 12.9. The van der Waals surface area contributed by atoms with Gasteiger partial charge in [0.15, 0.2) is 17.4 Å². The van der Waals surface area contributed by atoms with Crippen molar-refractivity contribution in [2.75, 3.05) is 0 Å². The number of hydrogen-bond donors (Lipinski definition) is 0. The first-order valence-electron chi connectivity index (χ1n) is 6.24. The van der Waals surface area contributed by atoms with Crippen molar-refractivity contribution in [3.63, 3.8) is 0 Å². The third-order valence-electron chi connectivity index (χ3n) is 3.09. The molecule has 0 radical (unpaired) electrons. The van der Waals surface area contributed by atoms with E-state index in [0.717, 1.165) is 16.7 Å². The van der Waals surface area contributed by atoms with Gasteiger partial charge < -0.3 is 4.74 Å². The van der Waals surface area contributed by atoms with Gasteiger partial charge >= 0.3 is 0 Å². The third kappa shape index (κ3) is 3.37. The van der Waals surface area contributed by atoms with E-state index < -0.39 is 11.6 Å². The fourth-order valence-corrected chi connectivity index (χ4v) is 2.26. The van der Waals surface area contributed by atoms with Crippen molar-refractivity contribution in [1.82, 2.24) is 0 Å². The molecular formula is C16H15BrF2O. The molecule has 0 amide bonds. The normalized spacial score (nSPS) is 10.7. The highest BCUT2D eigenvalue weighted by Gasteiger charge is 2.13. The van der Waals surface area contributed by atoms with Crippen molar-refractivity contribution in [1.29, 1.82) is 0 Å². The number of aryl methyl sites for hydroxylation is 2. The monoisotopic (exact) mass is 340 g/mol. The molecule has 20 heavy (non-hydrogen) atoms. The molecule has 0 saturated heterocycles. The Balaban J connectivity index is 2.21. The van der Waals surface area contributed by atoms with Gasteiger partial charge in [-0.05, 0) is 42.7 Å². The van der Waals surface area contributed by atoms with Crippen LogP contribution in [0.1, 0.15) is 22.3 Å². The van der Waals surface area contributed by atoms with Gasteiger partial charge in [0.1, 0.15) is 6.61 Å². The molecule has 0 fully saturated rings. The highest BCUT2D eigenvalue weighted by Crippen LogP contribution is 2.25. The van der Waals surface area contributed by atoms with E-state index in [0.29, 0.717) is 10.9 Å². The minimum absolute atomic E-state index is 0.148. The molecule has 0 aliphatic rings. The Hall–Kier alpha value is -1.42. The number of benzene rings is 2. The number of rotatable bonds is 4. The van der Waals surface area contributed by atoms with Crippen molar-refractivity contribution in [2.24, 2.45) is 0 Å². The van der Waals surface area contributed by atoms with E-state index in [-0.39, 0.29) is 12.4 Å². The molecule has 106 valence electrons. The molecule has 4 heteroatoms. The van der Waals surface area contributed by atoms with E-state index >= 15 is 0 Å². The van der Waals surface area contributed by atoms with Gasteiger partial charge in [-0.2, -0.15) is 0 Å². The van der Waals surface area contributed by atoms with Gasteiger partial charge in [-0.3, -0.25) is 0 Å². The van der Waals surface area contributed by atoms with Gasteiger partial charge in [0.25, 0.3) is 0 Å². The SMILES string of the molecule is Cc1ccc(C)c(COc2c(F)cc(CBr)cc2F)c1. The zero-order valence-electron chi connectivity index (χ0n) is 11.3. The van der Waals surface area contributed by atoms with Crippen LogP contribution >= 0.6 is 15.9 Å². The Morgan fingerprint density at radius 2 is 1.70 bits per heavy atom. The van der Waals surface area contributed by atoms with E-state index in [1.807, 2.05) is 32.0 Å². The average molecular weight is 341 g/mol. The first-order chi connectivity index (χ1) is 9.51. The second-order valence-electron chi connectivity index (χ2n) is 4.74. The van der Waals surface area contributed by atoms with Gasteiger partial charge in [-0.1, -0.05) is 39.7 Å². The molecule has 2 aromatic rings. The van der Waals surface area contributed by atoms with Crippen LogP contribution in [0.4, 0.5) is 8.78 Å². The predicted octanol–water partition coefficient (Wildman–Crippen LogP) is 5.06. The lowest BCUT2D eigenvalue weighted by atomic mass is 10.1. The Morgan fingerprint density at radius 1 is 1.05 bits per heavy atom. The van der Waals surface area contributed by atoms with E-state index in [1.54, 1.807) is 0 Å². The quantitative estimate of drug-likeness (QED) is 0.707. The number of ether oxygens (including phenoxy) is 1. The third-order valence-corrected chi connectivity index (χ3v) is 3.74. The summed E-state index contributed by atoms with van der Waals surface area (Å²) in [4.78, 5) is 0. The van der Waals surface area contributed by atoms with Crippen LogP contribution in [0.3, 0.4) is 0 Å². The van der Waals surface area contributed by atoms with Crippen LogP contribution in [0.25, 0.3) is 0 Å². The molecule has 0 aromatic heterocycles. The summed E-state index contributed by atoms with van der Waals surface area (Å²) in [6.45, 7) is 4.06. The smallest absolute Gasteiger partial charge is 0.191 e. The second kappa shape index (κ2) is 6.35. The molecule has 0 heterocycles. The lowest BCUT2D eigenvalue weighted by Gasteiger charge is -2.11. The van der Waals surface area contributed by atoms with Crippen LogP contribution in [0.2, 0.25) is 0 Å². The zero-order chi connectivity index (χ0) is 14.7. The minimum Gasteiger partial charge on any atom is -0.483 e. The van der Waals surface area contributed by atoms with Crippen LogP contribution in [0.5, 0.6) is 5.75 Å². The molecule has 0 bridgehead atoms. The van der Waals surface area contributed by atoms with Crippen LogP contribution in [0, 0.1) is 25.5 Å². The maximum atomic E-state index is 13.8. The molecule has 0 atom stereocenters. The van der Waals surface area contributed by atoms with Gasteiger partial charge in [0.05, 0.1) is 0 Å². The highest BCUT2D eigenvalue weighted by atomic mass is 79.9. The lowest BCUT2D eigenvalue weighted by molar-refractivity contribution is 0.273. The number of alkyl halides is 1. The first-order valence-corrected chi connectivity index (χ1v) is 7.36. The van der Waals surface area contributed by atoms with Crippen molar-refractivity contribution >= 4 is 15.9 Å². The molecule has 2 rings (SSSR count). The minimum atomic E-state index is -0.676. The summed E-state index contributed by atoms with van der Waals surface area (Å²) in [6, 6.07) is 8.46. The van der Waals surface area contributed by atoms with Gasteiger partial charge in [-0.15, -0.1) is 0 Å². The van der Waals surface area contributed by atoms with E-state index in [4.69, 9.17) is 4.74 Å². The summed E-state index contributed by atoms with van der Waals surface area (Å²) in [5, 5.41) is 0.401. The number of halogens is 3. The molecule has 0 saturated carbocycles. The van der Waals surface area contributed by atoms with Crippen molar-refractivity contribution in [3.05, 3.63) is 64.2 Å². The first kappa shape index (κ1) is 15.0. The van der Waals surface area contributed by atoms with E-state index in [9.17, 15) is 8.78 Å². The summed E-state index contributed by atoms with van der Waals surface area (Å²) in [5.74, 6) is -1.68. The Morgan fingerprint density at radius 3 is 2.30 bits per heavy atom. The molecule has 0 aliphatic carbocycles. The van der Waals surface area contributed by atoms with Crippen molar-refractivity contribution in [2.45, 2.75) is 25.8 Å².